The first-order valence-corrected chi connectivity index (χ1v) is 6.67. The molecule has 16 heavy (non-hydrogen) atoms. The normalized spacial score (nSPS) is 17.8. The number of benzene rings is 1. The zero-order valence-corrected chi connectivity index (χ0v) is 11.6. The van der Waals surface area contributed by atoms with Crippen molar-refractivity contribution in [3.8, 4) is 0 Å². The third-order valence-corrected chi connectivity index (χ3v) is 4.40. The van der Waals surface area contributed by atoms with Crippen LogP contribution in [0.2, 0.25) is 5.02 Å². The van der Waals surface area contributed by atoms with Gasteiger partial charge in [-0.05, 0) is 53.5 Å². The van der Waals surface area contributed by atoms with Gasteiger partial charge in [0.25, 0.3) is 0 Å². The standard InChI is InChI=1S/C12H16BrClN2/c1-16(9-3-4-9)12(7-15)8-2-5-10(13)11(14)6-8/h2,5-6,9,12H,3-4,7,15H2,1H3. The van der Waals surface area contributed by atoms with E-state index >= 15 is 0 Å². The second-order valence-corrected chi connectivity index (χ2v) is 5.58. The largest absolute Gasteiger partial charge is 0.329 e. The minimum atomic E-state index is 0.276. The second-order valence-electron chi connectivity index (χ2n) is 4.32. The predicted octanol–water partition coefficient (Wildman–Crippen LogP) is 3.20. The van der Waals surface area contributed by atoms with Gasteiger partial charge in [0.15, 0.2) is 0 Å². The van der Waals surface area contributed by atoms with E-state index in [0.29, 0.717) is 12.6 Å². The molecule has 1 aromatic carbocycles. The Kier molecular flexibility index (Phi) is 3.90. The third kappa shape index (κ3) is 2.59. The predicted molar refractivity (Wildman–Crippen MR) is 71.7 cm³/mol. The van der Waals surface area contributed by atoms with Crippen molar-refractivity contribution in [1.82, 2.24) is 4.90 Å². The van der Waals surface area contributed by atoms with E-state index in [-0.39, 0.29) is 6.04 Å². The molecule has 2 N–H and O–H groups in total. The van der Waals surface area contributed by atoms with Crippen molar-refractivity contribution in [3.05, 3.63) is 33.3 Å². The van der Waals surface area contributed by atoms with Gasteiger partial charge in [-0.3, -0.25) is 4.90 Å². The Hall–Kier alpha value is -0.0900. The van der Waals surface area contributed by atoms with Crippen LogP contribution in [0.5, 0.6) is 0 Å². The molecular formula is C12H16BrClN2. The van der Waals surface area contributed by atoms with Gasteiger partial charge in [-0.25, -0.2) is 0 Å². The van der Waals surface area contributed by atoms with E-state index in [0.717, 1.165) is 9.50 Å². The van der Waals surface area contributed by atoms with Gasteiger partial charge in [-0.1, -0.05) is 17.7 Å². The van der Waals surface area contributed by atoms with Gasteiger partial charge in [0.05, 0.1) is 5.02 Å². The van der Waals surface area contributed by atoms with Crippen LogP contribution in [0.4, 0.5) is 0 Å². The summed E-state index contributed by atoms with van der Waals surface area (Å²) < 4.78 is 0.933. The lowest BCUT2D eigenvalue weighted by Crippen LogP contribution is -2.32. The number of hydrogen-bond donors (Lipinski definition) is 1. The Morgan fingerprint density at radius 1 is 1.56 bits per heavy atom. The van der Waals surface area contributed by atoms with Crippen LogP contribution in [0, 0.1) is 0 Å². The fourth-order valence-electron chi connectivity index (χ4n) is 1.99. The highest BCUT2D eigenvalue weighted by Gasteiger charge is 2.31. The van der Waals surface area contributed by atoms with E-state index in [1.165, 1.54) is 18.4 Å². The fraction of sp³-hybridized carbons (Fsp3) is 0.500. The summed E-state index contributed by atoms with van der Waals surface area (Å²) in [7, 11) is 2.14. The molecule has 88 valence electrons. The lowest BCUT2D eigenvalue weighted by atomic mass is 10.1. The van der Waals surface area contributed by atoms with Crippen LogP contribution >= 0.6 is 27.5 Å². The summed E-state index contributed by atoms with van der Waals surface area (Å²) in [5.41, 5.74) is 7.06. The first kappa shape index (κ1) is 12.4. The Bertz CT molecular complexity index is 379. The Morgan fingerprint density at radius 3 is 2.75 bits per heavy atom. The molecule has 0 heterocycles. The highest BCUT2D eigenvalue weighted by molar-refractivity contribution is 9.10. The van der Waals surface area contributed by atoms with Crippen LogP contribution < -0.4 is 5.73 Å². The van der Waals surface area contributed by atoms with Crippen LogP contribution in [0.3, 0.4) is 0 Å². The van der Waals surface area contributed by atoms with E-state index in [2.05, 4.69) is 33.9 Å². The van der Waals surface area contributed by atoms with Gasteiger partial charge < -0.3 is 5.73 Å². The maximum atomic E-state index is 6.11. The first-order valence-electron chi connectivity index (χ1n) is 5.50. The topological polar surface area (TPSA) is 29.3 Å². The molecule has 0 bridgehead atoms. The van der Waals surface area contributed by atoms with E-state index in [4.69, 9.17) is 17.3 Å². The molecule has 1 aliphatic carbocycles. The highest BCUT2D eigenvalue weighted by atomic mass is 79.9. The summed E-state index contributed by atoms with van der Waals surface area (Å²) in [6, 6.07) is 7.06. The number of rotatable bonds is 4. The summed E-state index contributed by atoms with van der Waals surface area (Å²) in [4.78, 5) is 2.36. The van der Waals surface area contributed by atoms with Crippen molar-refractivity contribution in [3.63, 3.8) is 0 Å². The number of likely N-dealkylation sites (N-methyl/N-ethyl adjacent to an activating group) is 1. The molecule has 1 fully saturated rings. The zero-order chi connectivity index (χ0) is 11.7. The van der Waals surface area contributed by atoms with Gasteiger partial charge in [-0.2, -0.15) is 0 Å². The summed E-state index contributed by atoms with van der Waals surface area (Å²) in [5, 5.41) is 0.750. The van der Waals surface area contributed by atoms with Crippen LogP contribution in [0.25, 0.3) is 0 Å². The van der Waals surface area contributed by atoms with Crippen LogP contribution in [-0.4, -0.2) is 24.5 Å². The molecular weight excluding hydrogens is 288 g/mol. The van der Waals surface area contributed by atoms with Crippen LogP contribution in [0.15, 0.2) is 22.7 Å². The fourth-order valence-corrected chi connectivity index (χ4v) is 2.43. The number of nitrogens with two attached hydrogens (primary N) is 1. The monoisotopic (exact) mass is 302 g/mol. The Balaban J connectivity index is 2.21. The van der Waals surface area contributed by atoms with Crippen molar-refractivity contribution in [2.45, 2.75) is 24.9 Å². The van der Waals surface area contributed by atoms with Gasteiger partial charge >= 0.3 is 0 Å². The molecule has 1 unspecified atom stereocenters. The number of nitrogens with zero attached hydrogens (tertiary/aromatic N) is 1. The molecule has 0 amide bonds. The summed E-state index contributed by atoms with van der Waals surface area (Å²) in [5.74, 6) is 0. The van der Waals surface area contributed by atoms with E-state index in [1.54, 1.807) is 0 Å². The van der Waals surface area contributed by atoms with Crippen molar-refractivity contribution < 1.29 is 0 Å². The summed E-state index contributed by atoms with van der Waals surface area (Å²) in [6.07, 6.45) is 2.58. The highest BCUT2D eigenvalue weighted by Crippen LogP contribution is 2.34. The molecule has 0 saturated heterocycles. The van der Waals surface area contributed by atoms with E-state index < -0.39 is 0 Å². The minimum absolute atomic E-state index is 0.276. The minimum Gasteiger partial charge on any atom is -0.329 e. The van der Waals surface area contributed by atoms with Gasteiger partial charge in [0, 0.05) is 23.1 Å². The average molecular weight is 304 g/mol. The molecule has 1 saturated carbocycles. The van der Waals surface area contributed by atoms with Crippen molar-refractivity contribution in [2.75, 3.05) is 13.6 Å². The number of halogens is 2. The molecule has 0 radical (unpaired) electrons. The van der Waals surface area contributed by atoms with Gasteiger partial charge in [-0.15, -0.1) is 0 Å². The molecule has 0 aliphatic heterocycles. The Morgan fingerprint density at radius 2 is 2.25 bits per heavy atom. The lowest BCUT2D eigenvalue weighted by molar-refractivity contribution is 0.240. The SMILES string of the molecule is CN(C1CC1)C(CN)c1ccc(Br)c(Cl)c1. The third-order valence-electron chi connectivity index (χ3n) is 3.17. The van der Waals surface area contributed by atoms with E-state index in [9.17, 15) is 0 Å². The van der Waals surface area contributed by atoms with Crippen molar-refractivity contribution in [1.29, 1.82) is 0 Å². The van der Waals surface area contributed by atoms with E-state index in [1.807, 2.05) is 12.1 Å². The molecule has 0 aromatic heterocycles. The second kappa shape index (κ2) is 5.05. The lowest BCUT2D eigenvalue weighted by Gasteiger charge is -2.27. The van der Waals surface area contributed by atoms with Crippen molar-refractivity contribution in [2.24, 2.45) is 5.73 Å². The maximum Gasteiger partial charge on any atom is 0.0551 e. The molecule has 2 nitrogen and oxygen atoms in total. The maximum absolute atomic E-state index is 6.11. The molecule has 2 rings (SSSR count). The molecule has 4 heteroatoms. The van der Waals surface area contributed by atoms with Crippen molar-refractivity contribution >= 4 is 27.5 Å². The molecule has 1 atom stereocenters. The summed E-state index contributed by atoms with van der Waals surface area (Å²) in [6.45, 7) is 0.630. The average Bonchev–Trinajstić information content (AvgIpc) is 3.07. The smallest absolute Gasteiger partial charge is 0.0551 e. The van der Waals surface area contributed by atoms with Crippen LogP contribution in [0.1, 0.15) is 24.4 Å². The van der Waals surface area contributed by atoms with Gasteiger partial charge in [0.2, 0.25) is 0 Å². The molecule has 1 aromatic rings. The first-order chi connectivity index (χ1) is 7.63. The van der Waals surface area contributed by atoms with Gasteiger partial charge in [0.1, 0.15) is 0 Å². The molecule has 1 aliphatic rings. The quantitative estimate of drug-likeness (QED) is 0.925. The molecule has 0 spiro atoms. The Labute approximate surface area is 110 Å². The zero-order valence-electron chi connectivity index (χ0n) is 9.29. The number of hydrogen-bond acceptors (Lipinski definition) is 2. The summed E-state index contributed by atoms with van der Waals surface area (Å²) >= 11 is 9.51. The van der Waals surface area contributed by atoms with Crippen LogP contribution in [-0.2, 0) is 0 Å².